The number of pyridine rings is 1. The van der Waals surface area contributed by atoms with Gasteiger partial charge in [0.1, 0.15) is 0 Å². The highest BCUT2D eigenvalue weighted by Crippen LogP contribution is 2.06. The second kappa shape index (κ2) is 5.83. The highest BCUT2D eigenvalue weighted by molar-refractivity contribution is 7.89. The lowest BCUT2D eigenvalue weighted by atomic mass is 10.3. The molecular weight excluding hydrogens is 266 g/mol. The van der Waals surface area contributed by atoms with Crippen molar-refractivity contribution in [3.8, 4) is 0 Å². The monoisotopic (exact) mass is 279 g/mol. The third-order valence-corrected chi connectivity index (χ3v) is 3.70. The zero-order valence-corrected chi connectivity index (χ0v) is 10.8. The number of aromatic nitrogens is 3. The van der Waals surface area contributed by atoms with Crippen molar-refractivity contribution in [3.05, 3.63) is 47.9 Å². The topological polar surface area (TPSA) is 111 Å². The van der Waals surface area contributed by atoms with Crippen molar-refractivity contribution >= 4 is 10.0 Å². The molecule has 0 aliphatic rings. The average molecular weight is 279 g/mol. The fourth-order valence-electron chi connectivity index (χ4n) is 1.36. The van der Waals surface area contributed by atoms with E-state index in [4.69, 9.17) is 5.73 Å². The van der Waals surface area contributed by atoms with E-state index in [9.17, 15) is 8.42 Å². The summed E-state index contributed by atoms with van der Waals surface area (Å²) < 4.78 is 26.3. The molecule has 0 aliphatic carbocycles. The molecule has 0 bridgehead atoms. The van der Waals surface area contributed by atoms with Crippen LogP contribution in [0, 0.1) is 0 Å². The largest absolute Gasteiger partial charge is 0.326 e. The lowest BCUT2D eigenvalue weighted by Crippen LogP contribution is -2.24. The van der Waals surface area contributed by atoms with E-state index >= 15 is 0 Å². The lowest BCUT2D eigenvalue weighted by molar-refractivity contribution is 0.576. The smallest absolute Gasteiger partial charge is 0.258 e. The fraction of sp³-hybridized carbons (Fsp3) is 0.182. The molecule has 0 saturated heterocycles. The van der Waals surface area contributed by atoms with Crippen molar-refractivity contribution in [1.29, 1.82) is 0 Å². The molecule has 0 fully saturated rings. The Balaban J connectivity index is 2.09. The maximum atomic E-state index is 12.0. The molecule has 0 spiro atoms. The van der Waals surface area contributed by atoms with E-state index in [0.29, 0.717) is 12.2 Å². The van der Waals surface area contributed by atoms with Crippen LogP contribution in [0.1, 0.15) is 11.3 Å². The molecule has 2 rings (SSSR count). The maximum Gasteiger partial charge on any atom is 0.258 e. The molecule has 8 heteroatoms. The summed E-state index contributed by atoms with van der Waals surface area (Å²) in [6.07, 6.45) is 2.96. The second-order valence-corrected chi connectivity index (χ2v) is 5.46. The molecule has 100 valence electrons. The minimum atomic E-state index is -3.65. The highest BCUT2D eigenvalue weighted by Gasteiger charge is 2.15. The van der Waals surface area contributed by atoms with Crippen molar-refractivity contribution in [2.75, 3.05) is 0 Å². The molecule has 3 N–H and O–H groups in total. The van der Waals surface area contributed by atoms with Crippen molar-refractivity contribution < 1.29 is 8.42 Å². The van der Waals surface area contributed by atoms with Gasteiger partial charge in [-0.05, 0) is 23.8 Å². The van der Waals surface area contributed by atoms with Crippen molar-refractivity contribution in [2.24, 2.45) is 5.73 Å². The molecular formula is C11H13N5O2S. The van der Waals surface area contributed by atoms with Gasteiger partial charge in [0.05, 0.1) is 12.2 Å². The number of nitrogens with zero attached hydrogens (tertiary/aromatic N) is 3. The number of rotatable bonds is 5. The summed E-state index contributed by atoms with van der Waals surface area (Å²) in [5, 5.41) is 7.41. The van der Waals surface area contributed by atoms with Crippen LogP contribution in [0.3, 0.4) is 0 Å². The predicted octanol–water partition coefficient (Wildman–Crippen LogP) is -0.191. The van der Waals surface area contributed by atoms with E-state index in [-0.39, 0.29) is 11.6 Å². The Hall–Kier alpha value is -1.90. The third kappa shape index (κ3) is 3.53. The first-order valence-corrected chi connectivity index (χ1v) is 7.01. The molecule has 19 heavy (non-hydrogen) atoms. The van der Waals surface area contributed by atoms with E-state index in [2.05, 4.69) is 19.9 Å². The van der Waals surface area contributed by atoms with Gasteiger partial charge in [0.15, 0.2) is 5.03 Å². The van der Waals surface area contributed by atoms with Crippen LogP contribution in [0.2, 0.25) is 0 Å². The van der Waals surface area contributed by atoms with Gasteiger partial charge in [0.2, 0.25) is 0 Å². The molecule has 0 aliphatic heterocycles. The number of nitrogens with two attached hydrogens (primary N) is 1. The molecule has 2 heterocycles. The summed E-state index contributed by atoms with van der Waals surface area (Å²) in [4.78, 5) is 3.87. The van der Waals surface area contributed by atoms with Gasteiger partial charge >= 0.3 is 0 Å². The van der Waals surface area contributed by atoms with E-state index in [1.807, 2.05) is 0 Å². The van der Waals surface area contributed by atoms with Gasteiger partial charge in [-0.2, -0.15) is 10.2 Å². The predicted molar refractivity (Wildman–Crippen MR) is 68.2 cm³/mol. The highest BCUT2D eigenvalue weighted by atomic mass is 32.2. The van der Waals surface area contributed by atoms with E-state index in [0.717, 1.165) is 5.56 Å². The lowest BCUT2D eigenvalue weighted by Gasteiger charge is -2.05. The fourth-order valence-corrected chi connectivity index (χ4v) is 2.29. The van der Waals surface area contributed by atoms with Crippen LogP contribution in [0.4, 0.5) is 0 Å². The first-order chi connectivity index (χ1) is 9.12. The van der Waals surface area contributed by atoms with Crippen molar-refractivity contribution in [3.63, 3.8) is 0 Å². The molecule has 0 radical (unpaired) electrons. The van der Waals surface area contributed by atoms with Crippen LogP contribution in [0.15, 0.2) is 41.7 Å². The van der Waals surface area contributed by atoms with E-state index < -0.39 is 10.0 Å². The van der Waals surface area contributed by atoms with Gasteiger partial charge in [-0.25, -0.2) is 18.1 Å². The molecule has 0 aromatic carbocycles. The van der Waals surface area contributed by atoms with Gasteiger partial charge in [0.25, 0.3) is 10.0 Å². The zero-order valence-electron chi connectivity index (χ0n) is 10.0. The van der Waals surface area contributed by atoms with Crippen LogP contribution >= 0.6 is 0 Å². The van der Waals surface area contributed by atoms with Gasteiger partial charge in [-0.15, -0.1) is 0 Å². The minimum Gasteiger partial charge on any atom is -0.326 e. The number of hydrogen-bond donors (Lipinski definition) is 2. The Bertz CT molecular complexity index is 628. The summed E-state index contributed by atoms with van der Waals surface area (Å²) in [7, 11) is -3.65. The SMILES string of the molecule is NCc1ccc(S(=O)(=O)NCc2cccnn2)nc1. The third-order valence-electron chi connectivity index (χ3n) is 2.38. The first-order valence-electron chi connectivity index (χ1n) is 5.53. The maximum absolute atomic E-state index is 12.0. The van der Waals surface area contributed by atoms with Gasteiger partial charge in [0, 0.05) is 18.9 Å². The molecule has 2 aromatic rings. The molecule has 2 aromatic heterocycles. The van der Waals surface area contributed by atoms with Gasteiger partial charge < -0.3 is 5.73 Å². The van der Waals surface area contributed by atoms with Crippen molar-refractivity contribution in [2.45, 2.75) is 18.1 Å². The number of hydrogen-bond acceptors (Lipinski definition) is 6. The standard InChI is InChI=1S/C11H13N5O2S/c12-6-9-3-4-11(13-7-9)19(17,18)15-8-10-2-1-5-14-16-10/h1-5,7,15H,6,8,12H2. The normalized spacial score (nSPS) is 11.4. The van der Waals surface area contributed by atoms with Crippen LogP contribution in [-0.4, -0.2) is 23.6 Å². The zero-order chi connectivity index (χ0) is 13.7. The van der Waals surface area contributed by atoms with Gasteiger partial charge in [-0.3, -0.25) is 0 Å². The summed E-state index contributed by atoms with van der Waals surface area (Å²) in [5.41, 5.74) is 6.73. The quantitative estimate of drug-likeness (QED) is 0.784. The van der Waals surface area contributed by atoms with Crippen LogP contribution < -0.4 is 10.5 Å². The summed E-state index contributed by atoms with van der Waals surface area (Å²) in [6, 6.07) is 6.41. The average Bonchev–Trinajstić information content (AvgIpc) is 2.46. The Morgan fingerprint density at radius 3 is 2.68 bits per heavy atom. The molecule has 0 amide bonds. The van der Waals surface area contributed by atoms with Crippen molar-refractivity contribution in [1.82, 2.24) is 19.9 Å². The second-order valence-electron chi connectivity index (χ2n) is 3.75. The van der Waals surface area contributed by atoms with Gasteiger partial charge in [-0.1, -0.05) is 6.07 Å². The number of sulfonamides is 1. The molecule has 0 saturated carbocycles. The van der Waals surface area contributed by atoms with E-state index in [1.54, 1.807) is 18.2 Å². The Labute approximate surface area is 110 Å². The molecule has 0 atom stereocenters. The minimum absolute atomic E-state index is 0.0476. The van der Waals surface area contributed by atoms with Crippen LogP contribution in [0.25, 0.3) is 0 Å². The summed E-state index contributed by atoms with van der Waals surface area (Å²) >= 11 is 0. The number of nitrogens with one attached hydrogen (secondary N) is 1. The van der Waals surface area contributed by atoms with Crippen LogP contribution in [-0.2, 0) is 23.1 Å². The Morgan fingerprint density at radius 1 is 1.26 bits per heavy atom. The summed E-state index contributed by atoms with van der Waals surface area (Å²) in [6.45, 7) is 0.386. The summed E-state index contributed by atoms with van der Waals surface area (Å²) in [5.74, 6) is 0. The molecule has 0 unspecified atom stereocenters. The Kier molecular flexibility index (Phi) is 4.15. The van der Waals surface area contributed by atoms with E-state index in [1.165, 1.54) is 18.5 Å². The Morgan fingerprint density at radius 2 is 2.11 bits per heavy atom. The first kappa shape index (κ1) is 13.5. The van der Waals surface area contributed by atoms with Crippen LogP contribution in [0.5, 0.6) is 0 Å². The molecule has 7 nitrogen and oxygen atoms in total.